The van der Waals surface area contributed by atoms with E-state index >= 15 is 0 Å². The van der Waals surface area contributed by atoms with Crippen molar-refractivity contribution in [2.75, 3.05) is 19.9 Å². The minimum Gasteiger partial charge on any atom is -0.496 e. The molecule has 0 saturated carbocycles. The summed E-state index contributed by atoms with van der Waals surface area (Å²) >= 11 is 1.75. The van der Waals surface area contributed by atoms with Gasteiger partial charge in [0, 0.05) is 0 Å². The van der Waals surface area contributed by atoms with Crippen molar-refractivity contribution in [2.24, 2.45) is 5.73 Å². The largest absolute Gasteiger partial charge is 0.496 e. The molecule has 0 saturated heterocycles. The molecule has 0 aromatic heterocycles. The topological polar surface area (TPSA) is 35.2 Å². The van der Waals surface area contributed by atoms with Gasteiger partial charge in [0.25, 0.3) is 0 Å². The Morgan fingerprint density at radius 2 is 2.13 bits per heavy atom. The van der Waals surface area contributed by atoms with Gasteiger partial charge in [0.05, 0.1) is 12.0 Å². The summed E-state index contributed by atoms with van der Waals surface area (Å²) < 4.78 is 5.34. The number of benzene rings is 1. The van der Waals surface area contributed by atoms with E-state index in [1.165, 1.54) is 10.5 Å². The molecular formula is C12H19NOS. The van der Waals surface area contributed by atoms with Gasteiger partial charge in [-0.2, -0.15) is 0 Å². The Morgan fingerprint density at radius 3 is 2.73 bits per heavy atom. The molecule has 0 bridgehead atoms. The molecule has 0 radical (unpaired) electrons. The maximum atomic E-state index is 5.49. The third-order valence-corrected chi connectivity index (χ3v) is 3.26. The molecule has 0 aliphatic rings. The summed E-state index contributed by atoms with van der Waals surface area (Å²) in [6.07, 6.45) is 5.41. The second kappa shape index (κ2) is 6.75. The molecule has 1 aromatic rings. The lowest BCUT2D eigenvalue weighted by Crippen LogP contribution is -2.00. The molecule has 1 rings (SSSR count). The molecule has 1 aromatic carbocycles. The second-order valence-electron chi connectivity index (χ2n) is 3.40. The van der Waals surface area contributed by atoms with Gasteiger partial charge in [0.2, 0.25) is 0 Å². The first kappa shape index (κ1) is 12.4. The Bertz CT molecular complexity index is 302. The molecular weight excluding hydrogens is 206 g/mol. The summed E-state index contributed by atoms with van der Waals surface area (Å²) in [4.78, 5) is 1.26. The van der Waals surface area contributed by atoms with Crippen LogP contribution in [0.25, 0.3) is 0 Å². The fourth-order valence-electron chi connectivity index (χ4n) is 1.61. The zero-order chi connectivity index (χ0) is 11.1. The van der Waals surface area contributed by atoms with Crippen molar-refractivity contribution in [2.45, 2.75) is 24.2 Å². The average Bonchev–Trinajstić information content (AvgIpc) is 2.29. The van der Waals surface area contributed by atoms with E-state index in [2.05, 4.69) is 18.4 Å². The lowest BCUT2D eigenvalue weighted by Gasteiger charge is -2.11. The number of nitrogens with two attached hydrogens (primary N) is 1. The fourth-order valence-corrected chi connectivity index (χ4v) is 2.40. The Kier molecular flexibility index (Phi) is 5.58. The van der Waals surface area contributed by atoms with Crippen LogP contribution in [0.15, 0.2) is 23.1 Å². The zero-order valence-electron chi connectivity index (χ0n) is 9.45. The summed E-state index contributed by atoms with van der Waals surface area (Å²) in [5.74, 6) is 0.979. The van der Waals surface area contributed by atoms with Gasteiger partial charge in [-0.15, -0.1) is 11.8 Å². The highest BCUT2D eigenvalue weighted by Crippen LogP contribution is 2.31. The van der Waals surface area contributed by atoms with Crippen molar-refractivity contribution in [3.8, 4) is 5.75 Å². The number of hydrogen-bond acceptors (Lipinski definition) is 3. The number of methoxy groups -OCH3 is 1. The number of ether oxygens (including phenoxy) is 1. The summed E-state index contributed by atoms with van der Waals surface area (Å²) in [5.41, 5.74) is 6.86. The molecule has 0 aliphatic heterocycles. The SMILES string of the molecule is COc1cccc(CCCCN)c1SC. The molecule has 2 N–H and O–H groups in total. The molecule has 0 heterocycles. The highest BCUT2D eigenvalue weighted by Gasteiger charge is 2.06. The van der Waals surface area contributed by atoms with Crippen LogP contribution in [0, 0.1) is 0 Å². The molecule has 0 atom stereocenters. The minimum atomic E-state index is 0.776. The summed E-state index contributed by atoms with van der Waals surface area (Å²) in [6.45, 7) is 0.776. The van der Waals surface area contributed by atoms with Crippen molar-refractivity contribution in [3.05, 3.63) is 23.8 Å². The van der Waals surface area contributed by atoms with Crippen LogP contribution in [0.3, 0.4) is 0 Å². The number of thioether (sulfide) groups is 1. The van der Waals surface area contributed by atoms with Crippen molar-refractivity contribution < 1.29 is 4.74 Å². The first-order valence-corrected chi connectivity index (χ1v) is 6.46. The van der Waals surface area contributed by atoms with Gasteiger partial charge in [-0.1, -0.05) is 12.1 Å². The van der Waals surface area contributed by atoms with Crippen LogP contribution < -0.4 is 10.5 Å². The van der Waals surface area contributed by atoms with Crippen LogP contribution in [0.4, 0.5) is 0 Å². The molecule has 0 amide bonds. The average molecular weight is 225 g/mol. The van der Waals surface area contributed by atoms with E-state index in [0.29, 0.717) is 0 Å². The Hall–Kier alpha value is -0.670. The fraction of sp³-hybridized carbons (Fsp3) is 0.500. The first-order chi connectivity index (χ1) is 7.33. The van der Waals surface area contributed by atoms with E-state index in [9.17, 15) is 0 Å². The highest BCUT2D eigenvalue weighted by atomic mass is 32.2. The summed E-state index contributed by atoms with van der Waals surface area (Å²) in [7, 11) is 1.72. The molecule has 0 spiro atoms. The molecule has 15 heavy (non-hydrogen) atoms. The number of unbranched alkanes of at least 4 members (excludes halogenated alkanes) is 1. The normalized spacial score (nSPS) is 10.3. The van der Waals surface area contributed by atoms with Gasteiger partial charge < -0.3 is 10.5 Å². The van der Waals surface area contributed by atoms with Gasteiger partial charge >= 0.3 is 0 Å². The van der Waals surface area contributed by atoms with Gasteiger partial charge in [-0.05, 0) is 43.7 Å². The predicted molar refractivity (Wildman–Crippen MR) is 66.8 cm³/mol. The van der Waals surface area contributed by atoms with Crippen molar-refractivity contribution in [1.29, 1.82) is 0 Å². The Labute approximate surface area is 96.2 Å². The Morgan fingerprint density at radius 1 is 1.33 bits per heavy atom. The minimum absolute atomic E-state index is 0.776. The standard InChI is InChI=1S/C12H19NOS/c1-14-11-8-5-7-10(12(11)15-2)6-3-4-9-13/h5,7-8H,3-4,6,9,13H2,1-2H3. The van der Waals surface area contributed by atoms with Crippen molar-refractivity contribution in [1.82, 2.24) is 0 Å². The monoisotopic (exact) mass is 225 g/mol. The van der Waals surface area contributed by atoms with E-state index < -0.39 is 0 Å². The van der Waals surface area contributed by atoms with Crippen molar-refractivity contribution >= 4 is 11.8 Å². The Balaban J connectivity index is 2.76. The number of rotatable bonds is 6. The molecule has 84 valence electrons. The zero-order valence-corrected chi connectivity index (χ0v) is 10.3. The van der Waals surface area contributed by atoms with Gasteiger partial charge in [0.15, 0.2) is 0 Å². The van der Waals surface area contributed by atoms with E-state index in [0.717, 1.165) is 31.6 Å². The summed E-state index contributed by atoms with van der Waals surface area (Å²) in [5, 5.41) is 0. The first-order valence-electron chi connectivity index (χ1n) is 5.23. The van der Waals surface area contributed by atoms with E-state index in [4.69, 9.17) is 10.5 Å². The van der Waals surface area contributed by atoms with E-state index in [1.807, 2.05) is 6.07 Å². The van der Waals surface area contributed by atoms with Gasteiger partial charge in [0.1, 0.15) is 5.75 Å². The third kappa shape index (κ3) is 3.43. The van der Waals surface area contributed by atoms with Crippen LogP contribution >= 0.6 is 11.8 Å². The van der Waals surface area contributed by atoms with Crippen LogP contribution in [-0.4, -0.2) is 19.9 Å². The molecule has 2 nitrogen and oxygen atoms in total. The smallest absolute Gasteiger partial charge is 0.132 e. The third-order valence-electron chi connectivity index (χ3n) is 2.38. The number of aryl methyl sites for hydroxylation is 1. The van der Waals surface area contributed by atoms with E-state index in [-0.39, 0.29) is 0 Å². The molecule has 3 heteroatoms. The highest BCUT2D eigenvalue weighted by molar-refractivity contribution is 7.98. The lowest BCUT2D eigenvalue weighted by molar-refractivity contribution is 0.403. The predicted octanol–water partition coefficient (Wildman–Crippen LogP) is 2.70. The van der Waals surface area contributed by atoms with Gasteiger partial charge in [-0.25, -0.2) is 0 Å². The van der Waals surface area contributed by atoms with E-state index in [1.54, 1.807) is 18.9 Å². The van der Waals surface area contributed by atoms with Crippen LogP contribution in [0.2, 0.25) is 0 Å². The maximum Gasteiger partial charge on any atom is 0.132 e. The van der Waals surface area contributed by atoms with Crippen LogP contribution in [0.5, 0.6) is 5.75 Å². The molecule has 0 aliphatic carbocycles. The molecule has 0 unspecified atom stereocenters. The van der Waals surface area contributed by atoms with Crippen LogP contribution in [0.1, 0.15) is 18.4 Å². The van der Waals surface area contributed by atoms with Gasteiger partial charge in [-0.3, -0.25) is 0 Å². The van der Waals surface area contributed by atoms with Crippen molar-refractivity contribution in [3.63, 3.8) is 0 Å². The summed E-state index contributed by atoms with van der Waals surface area (Å²) in [6, 6.07) is 6.24. The quantitative estimate of drug-likeness (QED) is 0.597. The maximum absolute atomic E-state index is 5.49. The van der Waals surface area contributed by atoms with Crippen LogP contribution in [-0.2, 0) is 6.42 Å². The number of hydrogen-bond donors (Lipinski definition) is 1. The lowest BCUT2D eigenvalue weighted by atomic mass is 10.1. The second-order valence-corrected chi connectivity index (χ2v) is 4.21. The molecule has 0 fully saturated rings.